The minimum atomic E-state index is -0.737. The fourth-order valence-electron chi connectivity index (χ4n) is 1.85. The van der Waals surface area contributed by atoms with Gasteiger partial charge in [0.05, 0.1) is 0 Å². The Morgan fingerprint density at radius 2 is 2.05 bits per heavy atom. The van der Waals surface area contributed by atoms with E-state index in [4.69, 9.17) is 5.11 Å². The molecule has 1 aromatic carbocycles. The Bertz CT molecular complexity index is 583. The molecular formula is C15H16BrNO2S. The van der Waals surface area contributed by atoms with Gasteiger partial charge in [-0.1, -0.05) is 34.1 Å². The first kappa shape index (κ1) is 15.2. The molecule has 20 heavy (non-hydrogen) atoms. The van der Waals surface area contributed by atoms with Gasteiger partial charge in [-0.15, -0.1) is 11.3 Å². The summed E-state index contributed by atoms with van der Waals surface area (Å²) in [5.74, 6) is -0.737. The summed E-state index contributed by atoms with van der Waals surface area (Å²) >= 11 is 5.32. The molecule has 106 valence electrons. The van der Waals surface area contributed by atoms with Crippen LogP contribution in [0.5, 0.6) is 0 Å². The smallest absolute Gasteiger partial charge is 0.303 e. The lowest BCUT2D eigenvalue weighted by Crippen LogP contribution is -2.14. The Morgan fingerprint density at radius 1 is 1.25 bits per heavy atom. The van der Waals surface area contributed by atoms with Crippen molar-refractivity contribution in [2.45, 2.75) is 19.4 Å². The first-order chi connectivity index (χ1) is 9.66. The molecule has 0 amide bonds. The highest BCUT2D eigenvalue weighted by molar-refractivity contribution is 9.10. The van der Waals surface area contributed by atoms with Crippen LogP contribution in [0.4, 0.5) is 0 Å². The van der Waals surface area contributed by atoms with Gasteiger partial charge in [0.2, 0.25) is 0 Å². The second kappa shape index (κ2) is 7.57. The Labute approximate surface area is 130 Å². The number of carboxylic acids is 1. The second-order valence-corrected chi connectivity index (χ2v) is 6.44. The highest BCUT2D eigenvalue weighted by Crippen LogP contribution is 2.33. The average molecular weight is 354 g/mol. The average Bonchev–Trinajstić information content (AvgIpc) is 2.87. The predicted molar refractivity (Wildman–Crippen MR) is 86.0 cm³/mol. The van der Waals surface area contributed by atoms with Gasteiger partial charge in [-0.2, -0.15) is 0 Å². The molecule has 1 aromatic heterocycles. The van der Waals surface area contributed by atoms with Gasteiger partial charge in [0.25, 0.3) is 0 Å². The Balaban J connectivity index is 1.87. The van der Waals surface area contributed by atoms with Crippen LogP contribution in [0.25, 0.3) is 10.4 Å². The van der Waals surface area contributed by atoms with Gasteiger partial charge in [0.1, 0.15) is 0 Å². The quantitative estimate of drug-likeness (QED) is 0.735. The number of rotatable bonds is 7. The van der Waals surface area contributed by atoms with Crippen LogP contribution in [-0.2, 0) is 11.3 Å². The first-order valence-corrected chi connectivity index (χ1v) is 8.04. The summed E-state index contributed by atoms with van der Waals surface area (Å²) in [5, 5.41) is 11.8. The molecule has 0 radical (unpaired) electrons. The van der Waals surface area contributed by atoms with Crippen LogP contribution in [0.15, 0.2) is 40.9 Å². The summed E-state index contributed by atoms with van der Waals surface area (Å²) in [6.45, 7) is 1.52. The molecule has 0 fully saturated rings. The summed E-state index contributed by atoms with van der Waals surface area (Å²) in [6, 6.07) is 12.4. The van der Waals surface area contributed by atoms with Crippen molar-refractivity contribution in [3.63, 3.8) is 0 Å². The zero-order valence-electron chi connectivity index (χ0n) is 10.9. The number of hydrogen-bond donors (Lipinski definition) is 2. The van der Waals surface area contributed by atoms with Gasteiger partial charge in [0, 0.05) is 32.8 Å². The highest BCUT2D eigenvalue weighted by Gasteiger charge is 2.05. The van der Waals surface area contributed by atoms with Crippen LogP contribution in [0.2, 0.25) is 0 Å². The van der Waals surface area contributed by atoms with Crippen LogP contribution in [0.1, 0.15) is 17.7 Å². The Hall–Kier alpha value is -1.17. The van der Waals surface area contributed by atoms with Gasteiger partial charge < -0.3 is 10.4 Å². The normalized spacial score (nSPS) is 10.7. The Morgan fingerprint density at radius 3 is 2.80 bits per heavy atom. The van der Waals surface area contributed by atoms with Crippen LogP contribution in [0.3, 0.4) is 0 Å². The number of thiophene rings is 1. The predicted octanol–water partition coefficient (Wildman–Crippen LogP) is 4.13. The van der Waals surface area contributed by atoms with Gasteiger partial charge in [-0.25, -0.2) is 0 Å². The molecule has 0 aliphatic heterocycles. The van der Waals surface area contributed by atoms with Crippen molar-refractivity contribution in [1.29, 1.82) is 0 Å². The van der Waals surface area contributed by atoms with E-state index in [1.54, 1.807) is 11.3 Å². The summed E-state index contributed by atoms with van der Waals surface area (Å²) in [5.41, 5.74) is 1.20. The van der Waals surface area contributed by atoms with Crippen LogP contribution in [0, 0.1) is 0 Å². The molecule has 0 bridgehead atoms. The molecule has 2 rings (SSSR count). The first-order valence-electron chi connectivity index (χ1n) is 6.43. The van der Waals surface area contributed by atoms with Crippen LogP contribution < -0.4 is 5.32 Å². The van der Waals surface area contributed by atoms with E-state index in [2.05, 4.69) is 39.4 Å². The minimum absolute atomic E-state index is 0.222. The molecule has 0 spiro atoms. The van der Waals surface area contributed by atoms with Crippen LogP contribution in [-0.4, -0.2) is 17.6 Å². The van der Waals surface area contributed by atoms with Crippen molar-refractivity contribution in [3.05, 3.63) is 45.7 Å². The molecule has 3 nitrogen and oxygen atoms in total. The van der Waals surface area contributed by atoms with Crippen LogP contribution >= 0.6 is 27.3 Å². The number of carboxylic acid groups (broad SMARTS) is 1. The molecule has 1 heterocycles. The monoisotopic (exact) mass is 353 g/mol. The molecule has 0 unspecified atom stereocenters. The molecule has 0 aliphatic rings. The fraction of sp³-hybridized carbons (Fsp3) is 0.267. The number of halogens is 1. The molecule has 0 atom stereocenters. The zero-order chi connectivity index (χ0) is 14.4. The van der Waals surface area contributed by atoms with Crippen molar-refractivity contribution in [3.8, 4) is 10.4 Å². The lowest BCUT2D eigenvalue weighted by molar-refractivity contribution is -0.137. The molecule has 0 saturated carbocycles. The number of benzene rings is 1. The fourth-order valence-corrected chi connectivity index (χ4v) is 3.50. The standard InChI is InChI=1S/C15H16BrNO2S/c16-13-5-2-1-4-12(13)14-8-7-11(20-14)10-17-9-3-6-15(18)19/h1-2,4-5,7-8,17H,3,6,9-10H2,(H,18,19). The molecule has 5 heteroatoms. The number of hydrogen-bond acceptors (Lipinski definition) is 3. The van der Waals surface area contributed by atoms with Gasteiger partial charge in [-0.05, 0) is 31.2 Å². The minimum Gasteiger partial charge on any atom is -0.481 e. The third-order valence-corrected chi connectivity index (χ3v) is 4.65. The maximum absolute atomic E-state index is 10.4. The maximum Gasteiger partial charge on any atom is 0.303 e. The summed E-state index contributed by atoms with van der Waals surface area (Å²) in [7, 11) is 0. The number of nitrogens with one attached hydrogen (secondary N) is 1. The van der Waals surface area contributed by atoms with Crippen molar-refractivity contribution in [2.75, 3.05) is 6.54 Å². The van der Waals surface area contributed by atoms with E-state index in [1.807, 2.05) is 18.2 Å². The maximum atomic E-state index is 10.4. The SMILES string of the molecule is O=C(O)CCCNCc1ccc(-c2ccccc2Br)s1. The zero-order valence-corrected chi connectivity index (χ0v) is 13.3. The van der Waals surface area contributed by atoms with Crippen molar-refractivity contribution >= 4 is 33.2 Å². The van der Waals surface area contributed by atoms with E-state index in [1.165, 1.54) is 15.3 Å². The third-order valence-electron chi connectivity index (χ3n) is 2.84. The molecule has 2 aromatic rings. The third kappa shape index (κ3) is 4.44. The number of carbonyl (C=O) groups is 1. The summed E-state index contributed by atoms with van der Waals surface area (Å²) in [4.78, 5) is 12.9. The summed E-state index contributed by atoms with van der Waals surface area (Å²) < 4.78 is 1.10. The molecular weight excluding hydrogens is 338 g/mol. The number of aliphatic carboxylic acids is 1. The van der Waals surface area contributed by atoms with Crippen molar-refractivity contribution in [1.82, 2.24) is 5.32 Å². The van der Waals surface area contributed by atoms with Gasteiger partial charge in [-0.3, -0.25) is 4.79 Å². The van der Waals surface area contributed by atoms with Crippen molar-refractivity contribution in [2.24, 2.45) is 0 Å². The van der Waals surface area contributed by atoms with Crippen molar-refractivity contribution < 1.29 is 9.90 Å². The topological polar surface area (TPSA) is 49.3 Å². The van der Waals surface area contributed by atoms with Gasteiger partial charge >= 0.3 is 5.97 Å². The largest absolute Gasteiger partial charge is 0.481 e. The van der Waals surface area contributed by atoms with E-state index < -0.39 is 5.97 Å². The molecule has 0 aliphatic carbocycles. The van der Waals surface area contributed by atoms with E-state index in [-0.39, 0.29) is 6.42 Å². The van der Waals surface area contributed by atoms with Gasteiger partial charge in [0.15, 0.2) is 0 Å². The van der Waals surface area contributed by atoms with E-state index in [0.717, 1.165) is 17.6 Å². The summed E-state index contributed by atoms with van der Waals surface area (Å²) in [6.07, 6.45) is 0.886. The van der Waals surface area contributed by atoms with E-state index in [9.17, 15) is 4.79 Å². The lowest BCUT2D eigenvalue weighted by atomic mass is 10.2. The second-order valence-electron chi connectivity index (χ2n) is 4.42. The Kier molecular flexibility index (Phi) is 5.76. The highest BCUT2D eigenvalue weighted by atomic mass is 79.9. The lowest BCUT2D eigenvalue weighted by Gasteiger charge is -2.02. The van der Waals surface area contributed by atoms with E-state index >= 15 is 0 Å². The molecule has 2 N–H and O–H groups in total. The van der Waals surface area contributed by atoms with E-state index in [0.29, 0.717) is 6.42 Å². The molecule has 0 saturated heterocycles.